The maximum absolute atomic E-state index is 11.5. The summed E-state index contributed by atoms with van der Waals surface area (Å²) < 4.78 is 0. The van der Waals surface area contributed by atoms with E-state index in [-0.39, 0.29) is 6.03 Å². The minimum absolute atomic E-state index is 0.0439. The Hall–Kier alpha value is -1.50. The molecule has 2 N–H and O–H groups in total. The van der Waals surface area contributed by atoms with Crippen LogP contribution in [0.4, 0.5) is 4.79 Å². The summed E-state index contributed by atoms with van der Waals surface area (Å²) in [4.78, 5) is 11.5. The number of carbonyl (C=O) groups excluding carboxylic acids is 1. The van der Waals surface area contributed by atoms with Gasteiger partial charge in [-0.1, -0.05) is 38.8 Å². The van der Waals surface area contributed by atoms with Gasteiger partial charge in [0.15, 0.2) is 0 Å². The van der Waals surface area contributed by atoms with Crippen molar-refractivity contribution in [2.75, 3.05) is 13.1 Å². The third kappa shape index (κ3) is 18.5. The van der Waals surface area contributed by atoms with Gasteiger partial charge in [0.1, 0.15) is 0 Å². The summed E-state index contributed by atoms with van der Waals surface area (Å²) in [5.41, 5.74) is 0. The van der Waals surface area contributed by atoms with Gasteiger partial charge in [-0.25, -0.2) is 4.79 Å². The van der Waals surface area contributed by atoms with Gasteiger partial charge in [0.05, 0.1) is 6.07 Å². The fourth-order valence-electron chi connectivity index (χ4n) is 2.18. The Labute approximate surface area is 142 Å². The van der Waals surface area contributed by atoms with Crippen LogP contribution in [0, 0.1) is 17.2 Å². The average molecular weight is 322 g/mol. The van der Waals surface area contributed by atoms with Crippen LogP contribution in [0.1, 0.15) is 78.1 Å². The third-order valence-electron chi connectivity index (χ3n) is 3.67. The molecule has 0 aromatic carbocycles. The molecular formula is C19H35N3O. The second-order valence-electron chi connectivity index (χ2n) is 6.44. The van der Waals surface area contributed by atoms with Crippen molar-refractivity contribution < 1.29 is 4.79 Å². The molecule has 0 saturated heterocycles. The fraction of sp³-hybridized carbons (Fsp3) is 0.789. The second-order valence-corrected chi connectivity index (χ2v) is 6.44. The zero-order valence-corrected chi connectivity index (χ0v) is 15.1. The number of rotatable bonds is 14. The van der Waals surface area contributed by atoms with E-state index in [9.17, 15) is 4.79 Å². The molecule has 0 aliphatic carbocycles. The standard InChI is InChI=1S/C19H35N3O/c1-18(2)14-17-22-19(23)21-16-13-11-9-7-5-3-4-6-8-10-12-15-20/h5,7,18H,3-4,6,8-14,16-17H2,1-2H3,(H2,21,22,23)/b7-5-. The topological polar surface area (TPSA) is 64.9 Å². The molecule has 0 spiro atoms. The Morgan fingerprint density at radius 3 is 2.22 bits per heavy atom. The molecule has 0 aromatic heterocycles. The number of hydrogen-bond donors (Lipinski definition) is 2. The van der Waals surface area contributed by atoms with Crippen molar-refractivity contribution >= 4 is 6.03 Å². The SMILES string of the molecule is CC(C)CCNC(=O)NCCCC/C=C\CCCCCCC#N. The Bertz CT molecular complexity index is 345. The summed E-state index contributed by atoms with van der Waals surface area (Å²) in [6, 6.07) is 2.14. The first-order valence-corrected chi connectivity index (χ1v) is 9.20. The third-order valence-corrected chi connectivity index (χ3v) is 3.67. The Morgan fingerprint density at radius 2 is 1.57 bits per heavy atom. The van der Waals surface area contributed by atoms with Gasteiger partial charge in [-0.3, -0.25) is 0 Å². The molecule has 0 unspecified atom stereocenters. The zero-order valence-electron chi connectivity index (χ0n) is 15.1. The lowest BCUT2D eigenvalue weighted by molar-refractivity contribution is 0.240. The lowest BCUT2D eigenvalue weighted by atomic mass is 10.1. The maximum atomic E-state index is 11.5. The van der Waals surface area contributed by atoms with Gasteiger partial charge in [0.2, 0.25) is 0 Å². The number of carbonyl (C=O) groups is 1. The highest BCUT2D eigenvalue weighted by Crippen LogP contribution is 2.06. The lowest BCUT2D eigenvalue weighted by Gasteiger charge is -2.08. The Balaban J connectivity index is 3.24. The minimum atomic E-state index is -0.0439. The van der Waals surface area contributed by atoms with E-state index in [0.717, 1.165) is 51.6 Å². The van der Waals surface area contributed by atoms with Gasteiger partial charge >= 0.3 is 6.03 Å². The molecule has 0 heterocycles. The number of nitriles is 1. The summed E-state index contributed by atoms with van der Waals surface area (Å²) in [6.07, 6.45) is 15.3. The van der Waals surface area contributed by atoms with Gasteiger partial charge < -0.3 is 10.6 Å². The Kier molecular flexibility index (Phi) is 15.8. The Morgan fingerprint density at radius 1 is 0.957 bits per heavy atom. The highest BCUT2D eigenvalue weighted by molar-refractivity contribution is 5.73. The van der Waals surface area contributed by atoms with Crippen LogP contribution in [0.25, 0.3) is 0 Å². The highest BCUT2D eigenvalue weighted by Gasteiger charge is 1.99. The predicted octanol–water partition coefficient (Wildman–Crippen LogP) is 4.92. The number of unbranched alkanes of at least 4 members (excludes halogenated alkanes) is 7. The van der Waals surface area contributed by atoms with Crippen molar-refractivity contribution in [1.29, 1.82) is 5.26 Å². The molecule has 0 atom stereocenters. The van der Waals surface area contributed by atoms with Gasteiger partial charge in [0, 0.05) is 19.5 Å². The van der Waals surface area contributed by atoms with E-state index in [4.69, 9.17) is 5.26 Å². The summed E-state index contributed by atoms with van der Waals surface area (Å²) in [5.74, 6) is 0.625. The number of allylic oxidation sites excluding steroid dienone is 2. The van der Waals surface area contributed by atoms with E-state index < -0.39 is 0 Å². The molecule has 0 rings (SSSR count). The molecule has 4 nitrogen and oxygen atoms in total. The van der Waals surface area contributed by atoms with Crippen LogP contribution >= 0.6 is 0 Å². The molecule has 132 valence electrons. The number of amides is 2. The van der Waals surface area contributed by atoms with E-state index in [2.05, 4.69) is 42.7 Å². The number of hydrogen-bond acceptors (Lipinski definition) is 2. The first-order chi connectivity index (χ1) is 11.2. The molecule has 2 amide bonds. The van der Waals surface area contributed by atoms with E-state index in [0.29, 0.717) is 12.3 Å². The maximum Gasteiger partial charge on any atom is 0.314 e. The van der Waals surface area contributed by atoms with Crippen molar-refractivity contribution in [1.82, 2.24) is 10.6 Å². The van der Waals surface area contributed by atoms with Crippen molar-refractivity contribution in [2.45, 2.75) is 78.1 Å². The summed E-state index contributed by atoms with van der Waals surface area (Å²) in [5, 5.41) is 14.2. The van der Waals surface area contributed by atoms with E-state index in [1.807, 2.05) is 0 Å². The average Bonchev–Trinajstić information content (AvgIpc) is 2.51. The summed E-state index contributed by atoms with van der Waals surface area (Å²) >= 11 is 0. The van der Waals surface area contributed by atoms with E-state index in [1.54, 1.807) is 0 Å². The van der Waals surface area contributed by atoms with Crippen LogP contribution in [-0.2, 0) is 0 Å². The van der Waals surface area contributed by atoms with E-state index >= 15 is 0 Å². The smallest absolute Gasteiger partial charge is 0.314 e. The van der Waals surface area contributed by atoms with Crippen LogP contribution in [0.2, 0.25) is 0 Å². The van der Waals surface area contributed by atoms with Crippen molar-refractivity contribution in [3.63, 3.8) is 0 Å². The van der Waals surface area contributed by atoms with Crippen LogP contribution in [0.5, 0.6) is 0 Å². The molecule has 0 aliphatic rings. The number of nitrogens with zero attached hydrogens (tertiary/aromatic N) is 1. The van der Waals surface area contributed by atoms with Crippen LogP contribution in [0.15, 0.2) is 12.2 Å². The normalized spacial score (nSPS) is 10.9. The largest absolute Gasteiger partial charge is 0.338 e. The summed E-state index contributed by atoms with van der Waals surface area (Å²) in [6.45, 7) is 5.81. The predicted molar refractivity (Wildman–Crippen MR) is 97.2 cm³/mol. The van der Waals surface area contributed by atoms with E-state index in [1.165, 1.54) is 19.3 Å². The molecule has 0 fully saturated rings. The first-order valence-electron chi connectivity index (χ1n) is 9.20. The summed E-state index contributed by atoms with van der Waals surface area (Å²) in [7, 11) is 0. The molecule has 4 heteroatoms. The minimum Gasteiger partial charge on any atom is -0.338 e. The van der Waals surface area contributed by atoms with Crippen LogP contribution in [0.3, 0.4) is 0 Å². The molecule has 0 aliphatic heterocycles. The lowest BCUT2D eigenvalue weighted by Crippen LogP contribution is -2.36. The van der Waals surface area contributed by atoms with Gasteiger partial charge in [-0.15, -0.1) is 0 Å². The molecule has 0 aromatic rings. The molecule has 0 radical (unpaired) electrons. The molecule has 0 saturated carbocycles. The monoisotopic (exact) mass is 321 g/mol. The zero-order chi connectivity index (χ0) is 17.2. The first kappa shape index (κ1) is 21.5. The number of nitrogens with one attached hydrogen (secondary N) is 2. The van der Waals surface area contributed by atoms with Crippen LogP contribution in [-0.4, -0.2) is 19.1 Å². The van der Waals surface area contributed by atoms with Crippen molar-refractivity contribution in [2.24, 2.45) is 5.92 Å². The van der Waals surface area contributed by atoms with Crippen molar-refractivity contribution in [3.8, 4) is 6.07 Å². The molecule has 23 heavy (non-hydrogen) atoms. The van der Waals surface area contributed by atoms with Gasteiger partial charge in [-0.05, 0) is 50.9 Å². The van der Waals surface area contributed by atoms with Crippen molar-refractivity contribution in [3.05, 3.63) is 12.2 Å². The van der Waals surface area contributed by atoms with Gasteiger partial charge in [0.25, 0.3) is 0 Å². The highest BCUT2D eigenvalue weighted by atomic mass is 16.2. The molecular weight excluding hydrogens is 286 g/mol. The quantitative estimate of drug-likeness (QED) is 0.352. The second kappa shape index (κ2) is 16.9. The fourth-order valence-corrected chi connectivity index (χ4v) is 2.18. The number of urea groups is 1. The van der Waals surface area contributed by atoms with Gasteiger partial charge in [-0.2, -0.15) is 5.26 Å². The molecule has 0 bridgehead atoms. The van der Waals surface area contributed by atoms with Crippen LogP contribution < -0.4 is 10.6 Å².